The molecule has 0 unspecified atom stereocenters. The van der Waals surface area contributed by atoms with E-state index in [2.05, 4.69) is 11.4 Å². The zero-order chi connectivity index (χ0) is 17.9. The van der Waals surface area contributed by atoms with E-state index in [9.17, 15) is 10.1 Å². The molecule has 0 saturated carbocycles. The Morgan fingerprint density at radius 1 is 1.38 bits per heavy atom. The Kier molecular flexibility index (Phi) is 5.89. The number of ether oxygens (including phenoxy) is 1. The van der Waals surface area contributed by atoms with Gasteiger partial charge in [-0.25, -0.2) is 0 Å². The summed E-state index contributed by atoms with van der Waals surface area (Å²) in [5.41, 5.74) is 1.96. The number of benzene rings is 1. The third kappa shape index (κ3) is 3.90. The number of hydrogen-bond donors (Lipinski definition) is 1. The number of anilines is 1. The molecule has 1 N–H and O–H groups in total. The first kappa shape index (κ1) is 18.3. The number of hydrogen-bond acceptors (Lipinski definition) is 4. The molecule has 24 heavy (non-hydrogen) atoms. The van der Waals surface area contributed by atoms with Gasteiger partial charge in [0.15, 0.2) is 0 Å². The Labute approximate surface area is 154 Å². The standard InChI is InChI=1S/C17H14Cl2N2O2S/c1-9-10(2)24-17(13(9)8-20)21-15(22)5-4-11-6-12(18)7-14(19)16(11)23-3/h4-7H,1-3H3,(H,21,22)/b5-4+. The van der Waals surface area contributed by atoms with Crippen LogP contribution in [0.5, 0.6) is 5.75 Å². The summed E-state index contributed by atoms with van der Waals surface area (Å²) in [6.45, 7) is 3.76. The van der Waals surface area contributed by atoms with Crippen LogP contribution in [0, 0.1) is 25.2 Å². The van der Waals surface area contributed by atoms with Crippen molar-refractivity contribution in [3.63, 3.8) is 0 Å². The van der Waals surface area contributed by atoms with Crippen molar-refractivity contribution in [3.8, 4) is 11.8 Å². The van der Waals surface area contributed by atoms with Crippen LogP contribution in [0.3, 0.4) is 0 Å². The van der Waals surface area contributed by atoms with Gasteiger partial charge in [0.1, 0.15) is 16.8 Å². The van der Waals surface area contributed by atoms with E-state index >= 15 is 0 Å². The van der Waals surface area contributed by atoms with Crippen molar-refractivity contribution in [3.05, 3.63) is 49.8 Å². The molecule has 1 amide bonds. The van der Waals surface area contributed by atoms with Crippen LogP contribution < -0.4 is 10.1 Å². The minimum Gasteiger partial charge on any atom is -0.495 e. The second-order valence-corrected chi connectivity index (χ2v) is 7.00. The molecule has 1 aromatic heterocycles. The lowest BCUT2D eigenvalue weighted by atomic mass is 10.1. The largest absolute Gasteiger partial charge is 0.495 e. The minimum absolute atomic E-state index is 0.356. The number of carbonyl (C=O) groups is 1. The highest BCUT2D eigenvalue weighted by atomic mass is 35.5. The average molecular weight is 381 g/mol. The molecule has 0 radical (unpaired) electrons. The maximum Gasteiger partial charge on any atom is 0.249 e. The van der Waals surface area contributed by atoms with E-state index in [-0.39, 0.29) is 5.91 Å². The van der Waals surface area contributed by atoms with Gasteiger partial charge in [-0.3, -0.25) is 4.79 Å². The van der Waals surface area contributed by atoms with E-state index in [0.29, 0.717) is 31.9 Å². The first-order valence-corrected chi connectivity index (χ1v) is 8.46. The molecule has 0 aliphatic carbocycles. The summed E-state index contributed by atoms with van der Waals surface area (Å²) >= 11 is 13.4. The Hall–Kier alpha value is -2.00. The van der Waals surface area contributed by atoms with Crippen LogP contribution in [0.25, 0.3) is 6.08 Å². The molecule has 4 nitrogen and oxygen atoms in total. The lowest BCUT2D eigenvalue weighted by molar-refractivity contribution is -0.111. The summed E-state index contributed by atoms with van der Waals surface area (Å²) < 4.78 is 5.22. The zero-order valence-electron chi connectivity index (χ0n) is 13.2. The second kappa shape index (κ2) is 7.71. The van der Waals surface area contributed by atoms with Crippen molar-refractivity contribution in [2.75, 3.05) is 12.4 Å². The van der Waals surface area contributed by atoms with Crippen molar-refractivity contribution in [2.24, 2.45) is 0 Å². The molecule has 0 spiro atoms. The van der Waals surface area contributed by atoms with Crippen LogP contribution in [0.4, 0.5) is 5.00 Å². The molecule has 1 aromatic carbocycles. The van der Waals surface area contributed by atoms with Crippen LogP contribution in [0.15, 0.2) is 18.2 Å². The quantitative estimate of drug-likeness (QED) is 0.740. The molecule has 0 atom stereocenters. The fraction of sp³-hybridized carbons (Fsp3) is 0.176. The van der Waals surface area contributed by atoms with Gasteiger partial charge in [-0.2, -0.15) is 5.26 Å². The molecule has 0 aliphatic rings. The zero-order valence-corrected chi connectivity index (χ0v) is 15.6. The Bertz CT molecular complexity index is 866. The van der Waals surface area contributed by atoms with E-state index < -0.39 is 0 Å². The maximum atomic E-state index is 12.1. The SMILES string of the molecule is COc1c(Cl)cc(Cl)cc1/C=C/C(=O)Nc1sc(C)c(C)c1C#N. The molecule has 0 aliphatic heterocycles. The number of amides is 1. The van der Waals surface area contributed by atoms with Crippen molar-refractivity contribution in [1.82, 2.24) is 0 Å². The number of carbonyl (C=O) groups excluding carboxylic acids is 1. The fourth-order valence-electron chi connectivity index (χ4n) is 2.09. The number of nitrogens with one attached hydrogen (secondary N) is 1. The molecule has 0 fully saturated rings. The predicted octanol–water partition coefficient (Wildman–Crippen LogP) is 5.20. The Morgan fingerprint density at radius 3 is 2.71 bits per heavy atom. The van der Waals surface area contributed by atoms with Gasteiger partial charge in [0.05, 0.1) is 17.7 Å². The molecule has 2 aromatic rings. The minimum atomic E-state index is -0.356. The normalized spacial score (nSPS) is 10.7. The van der Waals surface area contributed by atoms with Gasteiger partial charge >= 0.3 is 0 Å². The molecule has 7 heteroatoms. The first-order chi connectivity index (χ1) is 11.4. The number of nitriles is 1. The highest BCUT2D eigenvalue weighted by molar-refractivity contribution is 7.16. The highest BCUT2D eigenvalue weighted by Gasteiger charge is 2.14. The number of rotatable bonds is 4. The van der Waals surface area contributed by atoms with Crippen LogP contribution in [-0.2, 0) is 4.79 Å². The van der Waals surface area contributed by atoms with Gasteiger partial charge in [-0.05, 0) is 37.6 Å². The number of aryl methyl sites for hydroxylation is 1. The van der Waals surface area contributed by atoms with Crippen molar-refractivity contribution < 1.29 is 9.53 Å². The second-order valence-electron chi connectivity index (χ2n) is 4.93. The number of methoxy groups -OCH3 is 1. The Balaban J connectivity index is 2.24. The third-order valence-electron chi connectivity index (χ3n) is 3.39. The average Bonchev–Trinajstić information content (AvgIpc) is 2.78. The molecule has 124 valence electrons. The number of nitrogens with zero attached hydrogens (tertiary/aromatic N) is 1. The van der Waals surface area contributed by atoms with Gasteiger partial charge in [0.2, 0.25) is 5.91 Å². The summed E-state index contributed by atoms with van der Waals surface area (Å²) in [5, 5.41) is 13.3. The van der Waals surface area contributed by atoms with Gasteiger partial charge in [0.25, 0.3) is 0 Å². The summed E-state index contributed by atoms with van der Waals surface area (Å²) in [4.78, 5) is 13.1. The van der Waals surface area contributed by atoms with Crippen molar-refractivity contribution >= 4 is 51.5 Å². The van der Waals surface area contributed by atoms with Crippen LogP contribution in [0.2, 0.25) is 10.0 Å². The molecule has 2 rings (SSSR count). The van der Waals surface area contributed by atoms with E-state index in [1.165, 1.54) is 24.5 Å². The lowest BCUT2D eigenvalue weighted by Gasteiger charge is -2.07. The molecule has 1 heterocycles. The molecule has 0 saturated heterocycles. The first-order valence-electron chi connectivity index (χ1n) is 6.89. The van der Waals surface area contributed by atoms with Crippen LogP contribution in [0.1, 0.15) is 21.6 Å². The van der Waals surface area contributed by atoms with Crippen molar-refractivity contribution in [2.45, 2.75) is 13.8 Å². The molecular formula is C17H14Cl2N2O2S. The number of thiophene rings is 1. The summed E-state index contributed by atoms with van der Waals surface area (Å²) in [5.74, 6) is 0.0801. The smallest absolute Gasteiger partial charge is 0.249 e. The monoisotopic (exact) mass is 380 g/mol. The van der Waals surface area contributed by atoms with Gasteiger partial charge in [0, 0.05) is 21.5 Å². The van der Waals surface area contributed by atoms with Gasteiger partial charge in [-0.1, -0.05) is 23.2 Å². The topological polar surface area (TPSA) is 62.1 Å². The summed E-state index contributed by atoms with van der Waals surface area (Å²) in [6, 6.07) is 5.33. The van der Waals surface area contributed by atoms with Crippen LogP contribution >= 0.6 is 34.5 Å². The maximum absolute atomic E-state index is 12.1. The van der Waals surface area contributed by atoms with E-state index in [1.807, 2.05) is 13.8 Å². The van der Waals surface area contributed by atoms with E-state index in [4.69, 9.17) is 27.9 Å². The fourth-order valence-corrected chi connectivity index (χ4v) is 3.69. The van der Waals surface area contributed by atoms with Crippen molar-refractivity contribution in [1.29, 1.82) is 5.26 Å². The predicted molar refractivity (Wildman–Crippen MR) is 99.2 cm³/mol. The lowest BCUT2D eigenvalue weighted by Crippen LogP contribution is -2.07. The van der Waals surface area contributed by atoms with E-state index in [1.54, 1.807) is 18.2 Å². The van der Waals surface area contributed by atoms with Gasteiger partial charge < -0.3 is 10.1 Å². The highest BCUT2D eigenvalue weighted by Crippen LogP contribution is 2.33. The molecular weight excluding hydrogens is 367 g/mol. The summed E-state index contributed by atoms with van der Waals surface area (Å²) in [6.07, 6.45) is 2.90. The molecule has 0 bridgehead atoms. The van der Waals surface area contributed by atoms with E-state index in [0.717, 1.165) is 10.4 Å². The third-order valence-corrected chi connectivity index (χ3v) is 5.01. The summed E-state index contributed by atoms with van der Waals surface area (Å²) in [7, 11) is 1.49. The van der Waals surface area contributed by atoms with Gasteiger partial charge in [-0.15, -0.1) is 11.3 Å². The number of halogens is 2. The van der Waals surface area contributed by atoms with Crippen LogP contribution in [-0.4, -0.2) is 13.0 Å². The Morgan fingerprint density at radius 2 is 2.08 bits per heavy atom.